The first-order chi connectivity index (χ1) is 12.2. The summed E-state index contributed by atoms with van der Waals surface area (Å²) in [5.41, 5.74) is 3.44. The Hall–Kier alpha value is -2.40. The number of aromatic nitrogens is 3. The molecule has 0 radical (unpaired) electrons. The zero-order valence-electron chi connectivity index (χ0n) is 14.8. The summed E-state index contributed by atoms with van der Waals surface area (Å²) in [6, 6.07) is 10.6. The third-order valence-corrected chi connectivity index (χ3v) is 5.06. The van der Waals surface area contributed by atoms with E-state index in [0.717, 1.165) is 37.6 Å². The average molecular weight is 336 g/mol. The lowest BCUT2D eigenvalue weighted by Gasteiger charge is -2.37. The molecule has 1 aromatic carbocycles. The third-order valence-electron chi connectivity index (χ3n) is 5.06. The molecule has 4 rings (SSSR count). The fourth-order valence-corrected chi connectivity index (χ4v) is 3.55. The average Bonchev–Trinajstić information content (AvgIpc) is 3.04. The van der Waals surface area contributed by atoms with Crippen LogP contribution in [-0.2, 0) is 11.3 Å². The van der Waals surface area contributed by atoms with Crippen LogP contribution < -0.4 is 4.90 Å². The molecule has 5 heteroatoms. The number of nitrogens with zero attached hydrogens (tertiary/aromatic N) is 3. The summed E-state index contributed by atoms with van der Waals surface area (Å²) < 4.78 is 5.43. The molecule has 1 fully saturated rings. The number of hydrogen-bond acceptors (Lipinski definition) is 4. The van der Waals surface area contributed by atoms with E-state index in [4.69, 9.17) is 4.74 Å². The second-order valence-corrected chi connectivity index (χ2v) is 6.97. The molecular formula is C20H24N4O. The van der Waals surface area contributed by atoms with Crippen LogP contribution in [0.2, 0.25) is 0 Å². The molecule has 2 heterocycles. The molecule has 0 aliphatic heterocycles. The lowest BCUT2D eigenvalue weighted by molar-refractivity contribution is 0.00353. The van der Waals surface area contributed by atoms with Gasteiger partial charge in [0.25, 0.3) is 0 Å². The van der Waals surface area contributed by atoms with E-state index in [9.17, 15) is 0 Å². The van der Waals surface area contributed by atoms with Gasteiger partial charge in [0, 0.05) is 43.8 Å². The molecule has 1 saturated carbocycles. The Morgan fingerprint density at radius 3 is 2.92 bits per heavy atom. The maximum absolute atomic E-state index is 5.43. The predicted octanol–water partition coefficient (Wildman–Crippen LogP) is 3.70. The monoisotopic (exact) mass is 336 g/mol. The second kappa shape index (κ2) is 6.84. The summed E-state index contributed by atoms with van der Waals surface area (Å²) >= 11 is 0. The second-order valence-electron chi connectivity index (χ2n) is 6.97. The van der Waals surface area contributed by atoms with Crippen molar-refractivity contribution in [3.8, 4) is 0 Å². The van der Waals surface area contributed by atoms with Crippen LogP contribution in [0, 0.1) is 12.8 Å². The van der Waals surface area contributed by atoms with Gasteiger partial charge in [-0.1, -0.05) is 12.1 Å². The first-order valence-corrected chi connectivity index (χ1v) is 8.84. The molecule has 0 unspecified atom stereocenters. The van der Waals surface area contributed by atoms with E-state index >= 15 is 0 Å². The lowest BCUT2D eigenvalue weighted by atomic mass is 9.82. The highest BCUT2D eigenvalue weighted by atomic mass is 16.5. The zero-order valence-corrected chi connectivity index (χ0v) is 14.8. The van der Waals surface area contributed by atoms with E-state index in [-0.39, 0.29) is 0 Å². The van der Waals surface area contributed by atoms with Crippen molar-refractivity contribution in [2.45, 2.75) is 32.4 Å². The van der Waals surface area contributed by atoms with Crippen LogP contribution in [0.1, 0.15) is 24.1 Å². The zero-order chi connectivity index (χ0) is 17.2. The molecular weight excluding hydrogens is 312 g/mol. The van der Waals surface area contributed by atoms with Crippen LogP contribution in [0.15, 0.2) is 42.7 Å². The van der Waals surface area contributed by atoms with E-state index < -0.39 is 0 Å². The number of fused-ring (bicyclic) bond motifs is 1. The van der Waals surface area contributed by atoms with Crippen molar-refractivity contribution in [2.24, 2.45) is 5.92 Å². The summed E-state index contributed by atoms with van der Waals surface area (Å²) in [5, 5.41) is 1.24. The molecule has 0 saturated heterocycles. The van der Waals surface area contributed by atoms with Gasteiger partial charge < -0.3 is 14.6 Å². The topological polar surface area (TPSA) is 54.0 Å². The van der Waals surface area contributed by atoms with Crippen molar-refractivity contribution >= 4 is 16.9 Å². The summed E-state index contributed by atoms with van der Waals surface area (Å²) in [7, 11) is 1.80. The third kappa shape index (κ3) is 3.51. The summed E-state index contributed by atoms with van der Waals surface area (Å²) in [4.78, 5) is 14.8. The maximum Gasteiger partial charge on any atom is 0.225 e. The molecule has 0 spiro atoms. The molecule has 130 valence electrons. The lowest BCUT2D eigenvalue weighted by Crippen LogP contribution is -2.40. The Kier molecular flexibility index (Phi) is 4.40. The van der Waals surface area contributed by atoms with Crippen molar-refractivity contribution in [1.29, 1.82) is 0 Å². The Balaban J connectivity index is 1.55. The van der Waals surface area contributed by atoms with Gasteiger partial charge in [0.1, 0.15) is 0 Å². The molecule has 1 aliphatic rings. The minimum atomic E-state index is 0.417. The van der Waals surface area contributed by atoms with Gasteiger partial charge in [0.2, 0.25) is 5.95 Å². The van der Waals surface area contributed by atoms with E-state index in [1.807, 2.05) is 25.4 Å². The quantitative estimate of drug-likeness (QED) is 0.746. The van der Waals surface area contributed by atoms with Gasteiger partial charge in [-0.3, -0.25) is 0 Å². The molecule has 1 N–H and O–H groups in total. The van der Waals surface area contributed by atoms with Crippen molar-refractivity contribution in [1.82, 2.24) is 15.0 Å². The molecule has 2 aromatic heterocycles. The maximum atomic E-state index is 5.43. The Morgan fingerprint density at radius 2 is 2.12 bits per heavy atom. The summed E-state index contributed by atoms with van der Waals surface area (Å²) in [5.74, 6) is 1.45. The van der Waals surface area contributed by atoms with E-state index in [2.05, 4.69) is 44.1 Å². The van der Waals surface area contributed by atoms with Gasteiger partial charge in [-0.25, -0.2) is 9.97 Å². The molecule has 0 amide bonds. The number of ether oxygens (including phenoxy) is 1. The first kappa shape index (κ1) is 16.1. The van der Waals surface area contributed by atoms with Crippen LogP contribution in [0.3, 0.4) is 0 Å². The number of benzene rings is 1. The number of rotatable bonds is 6. The molecule has 1 aliphatic carbocycles. The standard InChI is InChI=1S/C20H24N4O/c1-14-5-7-22-20(23-14)24(13-16-9-18(10-16)25-2)12-15-3-4-17-6-8-21-19(17)11-15/h3-8,11,16,18,21H,9-10,12-13H2,1-2H3. The van der Waals surface area contributed by atoms with Gasteiger partial charge in [-0.2, -0.15) is 0 Å². The van der Waals surface area contributed by atoms with Crippen molar-refractivity contribution in [3.05, 3.63) is 54.0 Å². The SMILES string of the molecule is COC1CC(CN(Cc2ccc3cc[nH]c3c2)c2nccc(C)n2)C1. The van der Waals surface area contributed by atoms with Crippen molar-refractivity contribution in [3.63, 3.8) is 0 Å². The van der Waals surface area contributed by atoms with Crippen LogP contribution in [0.5, 0.6) is 0 Å². The minimum absolute atomic E-state index is 0.417. The van der Waals surface area contributed by atoms with Gasteiger partial charge in [-0.05, 0) is 54.8 Å². The highest BCUT2D eigenvalue weighted by Gasteiger charge is 2.31. The highest BCUT2D eigenvalue weighted by Crippen LogP contribution is 2.31. The summed E-state index contributed by atoms with van der Waals surface area (Å²) in [6.07, 6.45) is 6.48. The van der Waals surface area contributed by atoms with E-state index in [1.54, 1.807) is 7.11 Å². The van der Waals surface area contributed by atoms with E-state index in [1.165, 1.54) is 16.5 Å². The Labute approximate surface area is 148 Å². The molecule has 3 aromatic rings. The van der Waals surface area contributed by atoms with Crippen LogP contribution in [0.25, 0.3) is 10.9 Å². The van der Waals surface area contributed by atoms with Gasteiger partial charge in [0.15, 0.2) is 0 Å². The number of anilines is 1. The molecule has 25 heavy (non-hydrogen) atoms. The van der Waals surface area contributed by atoms with Gasteiger partial charge in [0.05, 0.1) is 6.10 Å². The largest absolute Gasteiger partial charge is 0.381 e. The smallest absolute Gasteiger partial charge is 0.225 e. The fraction of sp³-hybridized carbons (Fsp3) is 0.400. The van der Waals surface area contributed by atoms with Crippen LogP contribution in [-0.4, -0.2) is 34.7 Å². The number of aryl methyl sites for hydroxylation is 1. The van der Waals surface area contributed by atoms with Gasteiger partial charge >= 0.3 is 0 Å². The summed E-state index contributed by atoms with van der Waals surface area (Å²) in [6.45, 7) is 3.79. The normalized spacial score (nSPS) is 19.8. The Morgan fingerprint density at radius 1 is 1.24 bits per heavy atom. The molecule has 0 bridgehead atoms. The van der Waals surface area contributed by atoms with E-state index in [0.29, 0.717) is 12.0 Å². The number of nitrogens with one attached hydrogen (secondary N) is 1. The number of aromatic amines is 1. The fourth-order valence-electron chi connectivity index (χ4n) is 3.55. The minimum Gasteiger partial charge on any atom is -0.381 e. The van der Waals surface area contributed by atoms with Crippen molar-refractivity contribution < 1.29 is 4.74 Å². The number of H-pyrrole nitrogens is 1. The number of hydrogen-bond donors (Lipinski definition) is 1. The highest BCUT2D eigenvalue weighted by molar-refractivity contribution is 5.79. The first-order valence-electron chi connectivity index (χ1n) is 8.84. The van der Waals surface area contributed by atoms with Crippen molar-refractivity contribution in [2.75, 3.05) is 18.6 Å². The predicted molar refractivity (Wildman–Crippen MR) is 99.6 cm³/mol. The van der Waals surface area contributed by atoms with Crippen LogP contribution in [0.4, 0.5) is 5.95 Å². The number of methoxy groups -OCH3 is 1. The molecule has 0 atom stereocenters. The molecule has 5 nitrogen and oxygen atoms in total. The Bertz CT molecular complexity index is 854. The van der Waals surface area contributed by atoms with Crippen LogP contribution >= 0.6 is 0 Å². The van der Waals surface area contributed by atoms with Gasteiger partial charge in [-0.15, -0.1) is 0 Å².